The summed E-state index contributed by atoms with van der Waals surface area (Å²) in [6.45, 7) is -0.268. The molecule has 1 N–H and O–H groups in total. The second kappa shape index (κ2) is 5.58. The standard InChI is InChI=1S/C11H17F3N4O2S/c1-17(2)21(19,20)10-7-18(5-8-3-4-15-16-8)6-9(10)11(12,13)14/h3-4,9-10H,5-7H2,1-2H3,(H,15,16)/t9-,10-/m1/s1. The molecule has 0 aliphatic carbocycles. The molecule has 0 spiro atoms. The van der Waals surface area contributed by atoms with Crippen molar-refractivity contribution >= 4 is 10.0 Å². The van der Waals surface area contributed by atoms with Crippen LogP contribution >= 0.6 is 0 Å². The van der Waals surface area contributed by atoms with Crippen LogP contribution in [0.2, 0.25) is 0 Å². The van der Waals surface area contributed by atoms with Gasteiger partial charge in [-0.05, 0) is 6.07 Å². The number of halogens is 3. The van der Waals surface area contributed by atoms with Gasteiger partial charge >= 0.3 is 6.18 Å². The van der Waals surface area contributed by atoms with Gasteiger partial charge in [0.1, 0.15) is 5.25 Å². The molecule has 0 unspecified atom stereocenters. The summed E-state index contributed by atoms with van der Waals surface area (Å²) in [5.41, 5.74) is 0.652. The minimum Gasteiger partial charge on any atom is -0.296 e. The number of nitrogens with one attached hydrogen (secondary N) is 1. The van der Waals surface area contributed by atoms with Crippen LogP contribution in [-0.4, -0.2) is 66.4 Å². The minimum atomic E-state index is -4.55. The number of alkyl halides is 3. The fraction of sp³-hybridized carbons (Fsp3) is 0.727. The molecule has 1 aromatic heterocycles. The second-order valence-electron chi connectivity index (χ2n) is 5.29. The van der Waals surface area contributed by atoms with Gasteiger partial charge in [0.25, 0.3) is 0 Å². The Balaban J connectivity index is 2.22. The Morgan fingerprint density at radius 1 is 1.43 bits per heavy atom. The first-order valence-corrected chi connectivity index (χ1v) is 7.81. The van der Waals surface area contributed by atoms with Crippen molar-refractivity contribution in [1.82, 2.24) is 19.4 Å². The van der Waals surface area contributed by atoms with E-state index < -0.39 is 27.4 Å². The zero-order valence-corrected chi connectivity index (χ0v) is 12.4. The molecule has 0 saturated carbocycles. The average Bonchev–Trinajstić information content (AvgIpc) is 2.97. The number of nitrogens with zero attached hydrogens (tertiary/aromatic N) is 3. The van der Waals surface area contributed by atoms with E-state index in [9.17, 15) is 21.6 Å². The number of aromatic nitrogens is 2. The first-order valence-electron chi connectivity index (χ1n) is 6.31. The van der Waals surface area contributed by atoms with E-state index in [0.29, 0.717) is 5.69 Å². The molecule has 1 saturated heterocycles. The quantitative estimate of drug-likeness (QED) is 0.883. The van der Waals surface area contributed by atoms with E-state index in [-0.39, 0.29) is 19.6 Å². The molecule has 2 heterocycles. The van der Waals surface area contributed by atoms with Crippen LogP contribution in [0.4, 0.5) is 13.2 Å². The zero-order chi connectivity index (χ0) is 15.8. The molecule has 6 nitrogen and oxygen atoms in total. The number of sulfonamides is 1. The molecule has 2 rings (SSSR count). The van der Waals surface area contributed by atoms with E-state index in [4.69, 9.17) is 0 Å². The van der Waals surface area contributed by atoms with Crippen LogP contribution in [0.15, 0.2) is 12.3 Å². The van der Waals surface area contributed by atoms with Crippen LogP contribution in [-0.2, 0) is 16.6 Å². The molecule has 1 aromatic rings. The van der Waals surface area contributed by atoms with Gasteiger partial charge in [-0.1, -0.05) is 0 Å². The fourth-order valence-corrected chi connectivity index (χ4v) is 4.08. The lowest BCUT2D eigenvalue weighted by Crippen LogP contribution is -2.43. The van der Waals surface area contributed by atoms with E-state index in [1.165, 1.54) is 25.2 Å². The predicted molar refractivity (Wildman–Crippen MR) is 69.8 cm³/mol. The molecule has 2 atom stereocenters. The van der Waals surface area contributed by atoms with Crippen molar-refractivity contribution in [2.75, 3.05) is 27.2 Å². The molecule has 1 fully saturated rings. The lowest BCUT2D eigenvalue weighted by Gasteiger charge is -2.24. The number of rotatable bonds is 4. The van der Waals surface area contributed by atoms with Crippen molar-refractivity contribution in [1.29, 1.82) is 0 Å². The van der Waals surface area contributed by atoms with Gasteiger partial charge in [0.2, 0.25) is 10.0 Å². The number of likely N-dealkylation sites (tertiary alicyclic amines) is 1. The Labute approximate surface area is 121 Å². The van der Waals surface area contributed by atoms with E-state index in [2.05, 4.69) is 10.2 Å². The van der Waals surface area contributed by atoms with Gasteiger partial charge in [-0.25, -0.2) is 12.7 Å². The van der Waals surface area contributed by atoms with E-state index in [1.807, 2.05) is 0 Å². The Morgan fingerprint density at radius 3 is 2.57 bits per heavy atom. The Morgan fingerprint density at radius 2 is 2.10 bits per heavy atom. The van der Waals surface area contributed by atoms with Crippen molar-refractivity contribution in [2.45, 2.75) is 18.0 Å². The Hall–Kier alpha value is -1.13. The normalized spacial score (nSPS) is 24.9. The first-order chi connectivity index (χ1) is 9.62. The maximum atomic E-state index is 13.1. The van der Waals surface area contributed by atoms with Gasteiger partial charge in [-0.3, -0.25) is 10.00 Å². The summed E-state index contributed by atoms with van der Waals surface area (Å²) in [5.74, 6) is -1.88. The second-order valence-corrected chi connectivity index (χ2v) is 7.66. The summed E-state index contributed by atoms with van der Waals surface area (Å²) >= 11 is 0. The van der Waals surface area contributed by atoms with Gasteiger partial charge < -0.3 is 0 Å². The SMILES string of the molecule is CN(C)S(=O)(=O)[C@@H]1CN(Cc2ccn[nH]2)C[C@H]1C(F)(F)F. The van der Waals surface area contributed by atoms with Crippen LogP contribution in [0.3, 0.4) is 0 Å². The van der Waals surface area contributed by atoms with Crippen molar-refractivity contribution < 1.29 is 21.6 Å². The molecule has 1 aliphatic heterocycles. The molecule has 10 heteroatoms. The van der Waals surface area contributed by atoms with Crippen LogP contribution in [0, 0.1) is 5.92 Å². The zero-order valence-electron chi connectivity index (χ0n) is 11.6. The minimum absolute atomic E-state index is 0.149. The Kier molecular flexibility index (Phi) is 4.31. The highest BCUT2D eigenvalue weighted by atomic mass is 32.2. The highest BCUT2D eigenvalue weighted by molar-refractivity contribution is 7.89. The Bertz CT molecular complexity index is 571. The number of hydrogen-bond acceptors (Lipinski definition) is 4. The molecule has 21 heavy (non-hydrogen) atoms. The molecule has 120 valence electrons. The van der Waals surface area contributed by atoms with Crippen molar-refractivity contribution in [3.05, 3.63) is 18.0 Å². The van der Waals surface area contributed by atoms with E-state index in [1.54, 1.807) is 6.07 Å². The van der Waals surface area contributed by atoms with Crippen LogP contribution < -0.4 is 0 Å². The third kappa shape index (κ3) is 3.38. The lowest BCUT2D eigenvalue weighted by atomic mass is 10.1. The van der Waals surface area contributed by atoms with Crippen LogP contribution in [0.5, 0.6) is 0 Å². The molecule has 1 aliphatic rings. The van der Waals surface area contributed by atoms with E-state index >= 15 is 0 Å². The number of hydrogen-bond donors (Lipinski definition) is 1. The lowest BCUT2D eigenvalue weighted by molar-refractivity contribution is -0.169. The van der Waals surface area contributed by atoms with Gasteiger partial charge in [-0.2, -0.15) is 18.3 Å². The summed E-state index contributed by atoms with van der Waals surface area (Å²) < 4.78 is 64.5. The highest BCUT2D eigenvalue weighted by Gasteiger charge is 2.54. The summed E-state index contributed by atoms with van der Waals surface area (Å²) in [6.07, 6.45) is -3.04. The summed E-state index contributed by atoms with van der Waals surface area (Å²) in [5, 5.41) is 4.91. The third-order valence-corrected chi connectivity index (χ3v) is 5.87. The highest BCUT2D eigenvalue weighted by Crippen LogP contribution is 2.38. The molecular weight excluding hydrogens is 309 g/mol. The molecule has 0 bridgehead atoms. The molecule has 0 aromatic carbocycles. The largest absolute Gasteiger partial charge is 0.394 e. The molecular formula is C11H17F3N4O2S. The topological polar surface area (TPSA) is 69.3 Å². The van der Waals surface area contributed by atoms with Gasteiger partial charge in [0, 0.05) is 45.6 Å². The predicted octanol–water partition coefficient (Wildman–Crippen LogP) is 0.664. The molecule has 0 radical (unpaired) electrons. The maximum absolute atomic E-state index is 13.1. The fourth-order valence-electron chi connectivity index (χ4n) is 2.48. The van der Waals surface area contributed by atoms with Crippen LogP contribution in [0.1, 0.15) is 5.69 Å². The summed E-state index contributed by atoms with van der Waals surface area (Å²) in [4.78, 5) is 1.48. The number of H-pyrrole nitrogens is 1. The summed E-state index contributed by atoms with van der Waals surface area (Å²) in [7, 11) is -1.47. The van der Waals surface area contributed by atoms with Crippen molar-refractivity contribution in [3.8, 4) is 0 Å². The third-order valence-electron chi connectivity index (χ3n) is 3.61. The average molecular weight is 326 g/mol. The maximum Gasteiger partial charge on any atom is 0.394 e. The van der Waals surface area contributed by atoms with Crippen LogP contribution in [0.25, 0.3) is 0 Å². The van der Waals surface area contributed by atoms with Crippen molar-refractivity contribution in [3.63, 3.8) is 0 Å². The van der Waals surface area contributed by atoms with E-state index in [0.717, 1.165) is 4.31 Å². The number of aromatic amines is 1. The van der Waals surface area contributed by atoms with Gasteiger partial charge in [0.15, 0.2) is 0 Å². The van der Waals surface area contributed by atoms with Gasteiger partial charge in [0.05, 0.1) is 5.92 Å². The molecule has 0 amide bonds. The first kappa shape index (κ1) is 16.2. The van der Waals surface area contributed by atoms with Crippen molar-refractivity contribution in [2.24, 2.45) is 5.92 Å². The monoisotopic (exact) mass is 326 g/mol. The summed E-state index contributed by atoms with van der Waals surface area (Å²) in [6, 6.07) is 1.65. The van der Waals surface area contributed by atoms with Gasteiger partial charge in [-0.15, -0.1) is 0 Å². The smallest absolute Gasteiger partial charge is 0.296 e.